The molecule has 2 aromatic heterocycles. The zero-order valence-electron chi connectivity index (χ0n) is 14.0. The second-order valence-corrected chi connectivity index (χ2v) is 7.23. The number of thioether (sulfide) groups is 1. The Bertz CT molecular complexity index is 743. The molecule has 3 heterocycles. The average molecular weight is 334 g/mol. The van der Waals surface area contributed by atoms with Crippen molar-refractivity contribution in [2.75, 3.05) is 0 Å². The molecule has 0 spiro atoms. The van der Waals surface area contributed by atoms with Crippen molar-refractivity contribution >= 4 is 23.5 Å². The number of unbranched alkanes of at least 4 members (excludes halogenated alkanes) is 1. The van der Waals surface area contributed by atoms with Gasteiger partial charge in [-0.05, 0) is 39.2 Å². The van der Waals surface area contributed by atoms with Crippen LogP contribution in [0.15, 0.2) is 5.16 Å². The van der Waals surface area contributed by atoms with E-state index in [0.717, 1.165) is 30.7 Å². The van der Waals surface area contributed by atoms with E-state index in [2.05, 4.69) is 28.9 Å². The topological polar surface area (TPSA) is 69.4 Å². The van der Waals surface area contributed by atoms with Crippen LogP contribution in [0.1, 0.15) is 50.1 Å². The summed E-state index contributed by atoms with van der Waals surface area (Å²) in [4.78, 5) is 20.8. The van der Waals surface area contributed by atoms with E-state index in [1.54, 1.807) is 4.52 Å². The highest BCUT2D eigenvalue weighted by Gasteiger charge is 2.33. The molecule has 2 aromatic rings. The van der Waals surface area contributed by atoms with Crippen molar-refractivity contribution in [3.05, 3.63) is 17.0 Å². The van der Waals surface area contributed by atoms with Crippen LogP contribution in [0.4, 0.5) is 0 Å². The second kappa shape index (κ2) is 6.47. The molecule has 0 bridgehead atoms. The largest absolute Gasteiger partial charge is 0.462 e. The smallest absolute Gasteiger partial charge is 0.319 e. The summed E-state index contributed by atoms with van der Waals surface area (Å²) in [5, 5.41) is 4.91. The summed E-state index contributed by atoms with van der Waals surface area (Å²) in [6, 6.07) is 0. The van der Waals surface area contributed by atoms with Gasteiger partial charge in [-0.15, -0.1) is 5.10 Å². The van der Waals surface area contributed by atoms with Crippen LogP contribution in [0.3, 0.4) is 0 Å². The zero-order valence-corrected chi connectivity index (χ0v) is 14.8. The lowest BCUT2D eigenvalue weighted by atomic mass is 10.1. The number of rotatable bonds is 5. The molecule has 23 heavy (non-hydrogen) atoms. The fourth-order valence-electron chi connectivity index (χ4n) is 2.90. The number of hydrogen-bond acceptors (Lipinski definition) is 6. The molecule has 3 rings (SSSR count). The van der Waals surface area contributed by atoms with E-state index in [0.29, 0.717) is 17.4 Å². The maximum absolute atomic E-state index is 11.8. The number of ether oxygens (including phenoxy) is 1. The van der Waals surface area contributed by atoms with E-state index in [4.69, 9.17) is 4.74 Å². The first kappa shape index (κ1) is 16.2. The molecular formula is C16H22N4O2S. The summed E-state index contributed by atoms with van der Waals surface area (Å²) < 4.78 is 6.98. The lowest BCUT2D eigenvalue weighted by Crippen LogP contribution is -2.09. The van der Waals surface area contributed by atoms with Gasteiger partial charge in [0, 0.05) is 17.8 Å². The third-order valence-corrected chi connectivity index (χ3v) is 5.24. The number of hydrogen-bond donors (Lipinski definition) is 0. The number of fused-ring (bicyclic) bond motifs is 1. The molecule has 2 atom stereocenters. The summed E-state index contributed by atoms with van der Waals surface area (Å²) in [5.41, 5.74) is 3.35. The standard InChI is InChI=1S/C16H22N4O2S/c1-5-6-7-12-10(3)17-15-18-16(19-20(15)11(12)4)23-13-8-9(2)22-14(13)21/h9,13H,5-8H2,1-4H3. The van der Waals surface area contributed by atoms with E-state index >= 15 is 0 Å². The lowest BCUT2D eigenvalue weighted by molar-refractivity contribution is -0.140. The molecule has 6 nitrogen and oxygen atoms in total. The zero-order chi connectivity index (χ0) is 16.6. The normalized spacial score (nSPS) is 21.1. The molecule has 0 radical (unpaired) electrons. The molecule has 0 aliphatic carbocycles. The lowest BCUT2D eigenvalue weighted by Gasteiger charge is -2.09. The predicted octanol–water partition coefficient (Wildman–Crippen LogP) is 2.88. The predicted molar refractivity (Wildman–Crippen MR) is 88.7 cm³/mol. The number of carbonyl (C=O) groups excluding carboxylic acids is 1. The highest BCUT2D eigenvalue weighted by atomic mass is 32.2. The quantitative estimate of drug-likeness (QED) is 0.783. The van der Waals surface area contributed by atoms with Crippen LogP contribution in [-0.4, -0.2) is 36.9 Å². The van der Waals surface area contributed by atoms with Gasteiger partial charge in [0.1, 0.15) is 11.4 Å². The summed E-state index contributed by atoms with van der Waals surface area (Å²) >= 11 is 1.37. The SMILES string of the molecule is CCCCc1c(C)nc2nc(SC3CC(C)OC3=O)nn2c1C. The highest BCUT2D eigenvalue weighted by molar-refractivity contribution is 8.00. The summed E-state index contributed by atoms with van der Waals surface area (Å²) in [7, 11) is 0. The van der Waals surface area contributed by atoms with Crippen LogP contribution in [0, 0.1) is 13.8 Å². The third kappa shape index (κ3) is 3.20. The van der Waals surface area contributed by atoms with E-state index in [1.807, 2.05) is 13.8 Å². The molecule has 2 unspecified atom stereocenters. The Hall–Kier alpha value is -1.63. The Morgan fingerprint density at radius 1 is 1.35 bits per heavy atom. The number of esters is 1. The Balaban J connectivity index is 1.89. The summed E-state index contributed by atoms with van der Waals surface area (Å²) in [5.74, 6) is 0.424. The van der Waals surface area contributed by atoms with Gasteiger partial charge < -0.3 is 4.74 Å². The van der Waals surface area contributed by atoms with Crippen LogP contribution >= 0.6 is 11.8 Å². The van der Waals surface area contributed by atoms with E-state index < -0.39 is 0 Å². The minimum Gasteiger partial charge on any atom is -0.462 e. The molecule has 1 fully saturated rings. The highest BCUT2D eigenvalue weighted by Crippen LogP contribution is 2.30. The van der Waals surface area contributed by atoms with Crippen LogP contribution in [0.5, 0.6) is 0 Å². The number of aryl methyl sites for hydroxylation is 2. The van der Waals surface area contributed by atoms with Gasteiger partial charge >= 0.3 is 5.97 Å². The van der Waals surface area contributed by atoms with Crippen LogP contribution in [0.25, 0.3) is 5.78 Å². The van der Waals surface area contributed by atoms with Crippen LogP contribution in [-0.2, 0) is 16.0 Å². The van der Waals surface area contributed by atoms with Crippen molar-refractivity contribution in [3.63, 3.8) is 0 Å². The second-order valence-electron chi connectivity index (χ2n) is 6.06. The molecule has 1 saturated heterocycles. The van der Waals surface area contributed by atoms with Gasteiger partial charge in [-0.2, -0.15) is 4.98 Å². The first-order chi connectivity index (χ1) is 11.0. The Kier molecular flexibility index (Phi) is 4.57. The van der Waals surface area contributed by atoms with Crippen molar-refractivity contribution in [1.29, 1.82) is 0 Å². The van der Waals surface area contributed by atoms with Crippen molar-refractivity contribution in [2.45, 2.75) is 69.9 Å². The maximum Gasteiger partial charge on any atom is 0.319 e. The van der Waals surface area contributed by atoms with Crippen molar-refractivity contribution in [2.24, 2.45) is 0 Å². The molecule has 0 aromatic carbocycles. The number of aromatic nitrogens is 4. The van der Waals surface area contributed by atoms with E-state index in [9.17, 15) is 4.79 Å². The third-order valence-electron chi connectivity index (χ3n) is 4.18. The number of nitrogens with zero attached hydrogens (tertiary/aromatic N) is 4. The van der Waals surface area contributed by atoms with Gasteiger partial charge in [-0.1, -0.05) is 25.1 Å². The molecule has 124 valence electrons. The fraction of sp³-hybridized carbons (Fsp3) is 0.625. The first-order valence-corrected chi connectivity index (χ1v) is 8.97. The molecule has 0 saturated carbocycles. The Morgan fingerprint density at radius 3 is 2.78 bits per heavy atom. The van der Waals surface area contributed by atoms with Gasteiger partial charge in [0.05, 0.1) is 0 Å². The summed E-state index contributed by atoms with van der Waals surface area (Å²) in [6.45, 7) is 8.17. The Labute approximate surface area is 140 Å². The average Bonchev–Trinajstić information content (AvgIpc) is 3.02. The fourth-order valence-corrected chi connectivity index (χ4v) is 3.94. The number of cyclic esters (lactones) is 1. The monoisotopic (exact) mass is 334 g/mol. The molecule has 0 N–H and O–H groups in total. The van der Waals surface area contributed by atoms with Gasteiger partial charge in [0.2, 0.25) is 5.16 Å². The molecule has 1 aliphatic rings. The first-order valence-electron chi connectivity index (χ1n) is 8.09. The van der Waals surface area contributed by atoms with Gasteiger partial charge in [-0.3, -0.25) is 4.79 Å². The minimum atomic E-state index is -0.219. The number of carbonyl (C=O) groups is 1. The molecule has 0 amide bonds. The van der Waals surface area contributed by atoms with Crippen molar-refractivity contribution in [3.8, 4) is 0 Å². The van der Waals surface area contributed by atoms with Crippen molar-refractivity contribution in [1.82, 2.24) is 19.6 Å². The molecule has 1 aliphatic heterocycles. The summed E-state index contributed by atoms with van der Waals surface area (Å²) in [6.07, 6.45) is 3.96. The Morgan fingerprint density at radius 2 is 2.13 bits per heavy atom. The molecular weight excluding hydrogens is 312 g/mol. The minimum absolute atomic E-state index is 0.0280. The van der Waals surface area contributed by atoms with Gasteiger partial charge in [0.15, 0.2) is 0 Å². The van der Waals surface area contributed by atoms with Crippen LogP contribution < -0.4 is 0 Å². The van der Waals surface area contributed by atoms with Gasteiger partial charge in [-0.25, -0.2) is 9.50 Å². The van der Waals surface area contributed by atoms with Crippen molar-refractivity contribution < 1.29 is 9.53 Å². The maximum atomic E-state index is 11.8. The van der Waals surface area contributed by atoms with E-state index in [-0.39, 0.29) is 17.3 Å². The molecule has 7 heteroatoms. The van der Waals surface area contributed by atoms with E-state index in [1.165, 1.54) is 17.3 Å². The van der Waals surface area contributed by atoms with Crippen LogP contribution in [0.2, 0.25) is 0 Å². The van der Waals surface area contributed by atoms with Gasteiger partial charge in [0.25, 0.3) is 5.78 Å².